The van der Waals surface area contributed by atoms with Crippen LogP contribution in [0, 0.1) is 6.92 Å². The zero-order chi connectivity index (χ0) is 20.3. The standard InChI is InChI=1S/C22H24N2O4/c1-4-28-17-8-6-16(7-9-17)14-23(3)20(25)11-12-24-21(26)18-10-5-15(2)13-19(18)22(24)27/h5-10,13H,4,11-12,14H2,1-3H3. The smallest absolute Gasteiger partial charge is 0.261 e. The number of carbonyl (C=O) groups is 3. The summed E-state index contributed by atoms with van der Waals surface area (Å²) in [5.74, 6) is 0.00958. The third kappa shape index (κ3) is 4.06. The minimum atomic E-state index is -0.332. The van der Waals surface area contributed by atoms with E-state index in [1.165, 1.54) is 0 Å². The molecular formula is C22H24N2O4. The molecule has 0 N–H and O–H groups in total. The topological polar surface area (TPSA) is 66.9 Å². The quantitative estimate of drug-likeness (QED) is 0.693. The largest absolute Gasteiger partial charge is 0.494 e. The Morgan fingerprint density at radius 2 is 1.71 bits per heavy atom. The van der Waals surface area contributed by atoms with Crippen LogP contribution in [0.2, 0.25) is 0 Å². The monoisotopic (exact) mass is 380 g/mol. The summed E-state index contributed by atoms with van der Waals surface area (Å²) in [6.07, 6.45) is 0.0952. The first-order valence-electron chi connectivity index (χ1n) is 9.33. The van der Waals surface area contributed by atoms with Crippen molar-refractivity contribution in [2.45, 2.75) is 26.8 Å². The third-order valence-electron chi connectivity index (χ3n) is 4.76. The van der Waals surface area contributed by atoms with Gasteiger partial charge in [0.2, 0.25) is 5.91 Å². The summed E-state index contributed by atoms with van der Waals surface area (Å²) >= 11 is 0. The van der Waals surface area contributed by atoms with Crippen LogP contribution in [0.3, 0.4) is 0 Å². The van der Waals surface area contributed by atoms with E-state index in [0.29, 0.717) is 24.3 Å². The highest BCUT2D eigenvalue weighted by Crippen LogP contribution is 2.24. The highest BCUT2D eigenvalue weighted by molar-refractivity contribution is 6.21. The van der Waals surface area contributed by atoms with E-state index in [-0.39, 0.29) is 30.7 Å². The van der Waals surface area contributed by atoms with Gasteiger partial charge in [0.1, 0.15) is 5.75 Å². The zero-order valence-corrected chi connectivity index (χ0v) is 16.4. The summed E-state index contributed by atoms with van der Waals surface area (Å²) in [5.41, 5.74) is 2.73. The normalized spacial score (nSPS) is 12.9. The lowest BCUT2D eigenvalue weighted by Gasteiger charge is -2.19. The highest BCUT2D eigenvalue weighted by Gasteiger charge is 2.35. The fraction of sp³-hybridized carbons (Fsp3) is 0.318. The molecule has 0 aliphatic carbocycles. The van der Waals surface area contributed by atoms with Crippen molar-refractivity contribution in [3.63, 3.8) is 0 Å². The lowest BCUT2D eigenvalue weighted by molar-refractivity contribution is -0.130. The van der Waals surface area contributed by atoms with E-state index >= 15 is 0 Å². The Morgan fingerprint density at radius 3 is 2.39 bits per heavy atom. The predicted molar refractivity (Wildman–Crippen MR) is 105 cm³/mol. The SMILES string of the molecule is CCOc1ccc(CN(C)C(=O)CCN2C(=O)c3ccc(C)cc3C2=O)cc1. The first-order valence-corrected chi connectivity index (χ1v) is 9.33. The maximum atomic E-state index is 12.5. The van der Waals surface area contributed by atoms with Gasteiger partial charge in [-0.1, -0.05) is 23.8 Å². The fourth-order valence-corrected chi connectivity index (χ4v) is 3.23. The molecule has 0 radical (unpaired) electrons. The van der Waals surface area contributed by atoms with E-state index in [9.17, 15) is 14.4 Å². The number of benzene rings is 2. The number of amides is 3. The summed E-state index contributed by atoms with van der Waals surface area (Å²) in [4.78, 5) is 40.2. The number of hydrogen-bond donors (Lipinski definition) is 0. The van der Waals surface area contributed by atoms with Gasteiger partial charge in [-0.25, -0.2) is 0 Å². The molecule has 1 aliphatic rings. The molecule has 28 heavy (non-hydrogen) atoms. The molecule has 1 aliphatic heterocycles. The maximum absolute atomic E-state index is 12.5. The Bertz CT molecular complexity index is 905. The van der Waals surface area contributed by atoms with Crippen molar-refractivity contribution in [2.75, 3.05) is 20.2 Å². The maximum Gasteiger partial charge on any atom is 0.261 e. The van der Waals surface area contributed by atoms with Crippen molar-refractivity contribution in [1.29, 1.82) is 0 Å². The number of ether oxygens (including phenoxy) is 1. The average molecular weight is 380 g/mol. The molecule has 0 fully saturated rings. The molecule has 6 heteroatoms. The Balaban J connectivity index is 1.56. The Hall–Kier alpha value is -3.15. The van der Waals surface area contributed by atoms with Crippen LogP contribution in [0.5, 0.6) is 5.75 Å². The van der Waals surface area contributed by atoms with Crippen LogP contribution in [0.4, 0.5) is 0 Å². The number of fused-ring (bicyclic) bond motifs is 1. The minimum absolute atomic E-state index is 0.0812. The van der Waals surface area contributed by atoms with E-state index in [0.717, 1.165) is 21.8 Å². The molecule has 3 amide bonds. The van der Waals surface area contributed by atoms with Crippen LogP contribution < -0.4 is 4.74 Å². The minimum Gasteiger partial charge on any atom is -0.494 e. The number of hydrogen-bond acceptors (Lipinski definition) is 4. The highest BCUT2D eigenvalue weighted by atomic mass is 16.5. The molecule has 3 rings (SSSR count). The van der Waals surface area contributed by atoms with Crippen LogP contribution >= 0.6 is 0 Å². The molecule has 2 aromatic rings. The molecule has 6 nitrogen and oxygen atoms in total. The number of nitrogens with zero attached hydrogens (tertiary/aromatic N) is 2. The summed E-state index contributed by atoms with van der Waals surface area (Å²) in [6.45, 7) is 4.94. The van der Waals surface area contributed by atoms with Gasteiger partial charge < -0.3 is 9.64 Å². The Labute approximate surface area is 164 Å². The van der Waals surface area contributed by atoms with Crippen molar-refractivity contribution < 1.29 is 19.1 Å². The van der Waals surface area contributed by atoms with Gasteiger partial charge in [-0.3, -0.25) is 19.3 Å². The van der Waals surface area contributed by atoms with Crippen LogP contribution in [-0.4, -0.2) is 47.7 Å². The van der Waals surface area contributed by atoms with E-state index in [1.54, 1.807) is 24.1 Å². The van der Waals surface area contributed by atoms with Crippen LogP contribution in [-0.2, 0) is 11.3 Å². The average Bonchev–Trinajstić information content (AvgIpc) is 2.91. The molecule has 146 valence electrons. The van der Waals surface area contributed by atoms with Crippen molar-refractivity contribution >= 4 is 17.7 Å². The molecule has 2 aromatic carbocycles. The molecule has 0 spiro atoms. The van der Waals surface area contributed by atoms with Gasteiger partial charge in [-0.15, -0.1) is 0 Å². The van der Waals surface area contributed by atoms with Crippen molar-refractivity contribution in [3.05, 3.63) is 64.7 Å². The van der Waals surface area contributed by atoms with Crippen LogP contribution in [0.25, 0.3) is 0 Å². The Kier molecular flexibility index (Phi) is 5.78. The molecule has 0 saturated heterocycles. The molecule has 0 atom stereocenters. The molecule has 0 bridgehead atoms. The van der Waals surface area contributed by atoms with E-state index in [2.05, 4.69) is 0 Å². The lowest BCUT2D eigenvalue weighted by Crippen LogP contribution is -2.35. The summed E-state index contributed by atoms with van der Waals surface area (Å²) in [7, 11) is 1.71. The van der Waals surface area contributed by atoms with Gasteiger partial charge in [0.25, 0.3) is 11.8 Å². The van der Waals surface area contributed by atoms with Gasteiger partial charge in [-0.05, 0) is 43.7 Å². The van der Waals surface area contributed by atoms with Crippen LogP contribution in [0.1, 0.15) is 45.2 Å². The van der Waals surface area contributed by atoms with Gasteiger partial charge >= 0.3 is 0 Å². The second-order valence-electron chi connectivity index (χ2n) is 6.89. The molecule has 0 unspecified atom stereocenters. The van der Waals surface area contributed by atoms with Gasteiger partial charge in [0, 0.05) is 26.6 Å². The van der Waals surface area contributed by atoms with E-state index in [1.807, 2.05) is 44.2 Å². The van der Waals surface area contributed by atoms with Gasteiger partial charge in [0.15, 0.2) is 0 Å². The van der Waals surface area contributed by atoms with Crippen molar-refractivity contribution in [1.82, 2.24) is 9.80 Å². The third-order valence-corrected chi connectivity index (χ3v) is 4.76. The number of imide groups is 1. The predicted octanol–water partition coefficient (Wildman–Crippen LogP) is 3.04. The summed E-state index contributed by atoms with van der Waals surface area (Å²) in [5, 5.41) is 0. The fourth-order valence-electron chi connectivity index (χ4n) is 3.23. The Morgan fingerprint density at radius 1 is 1.04 bits per heavy atom. The van der Waals surface area contributed by atoms with Crippen LogP contribution in [0.15, 0.2) is 42.5 Å². The number of aryl methyl sites for hydroxylation is 1. The lowest BCUT2D eigenvalue weighted by atomic mass is 10.1. The number of carbonyl (C=O) groups excluding carboxylic acids is 3. The summed E-state index contributed by atoms with van der Waals surface area (Å²) in [6, 6.07) is 12.8. The summed E-state index contributed by atoms with van der Waals surface area (Å²) < 4.78 is 5.41. The first kappa shape index (κ1) is 19.6. The first-order chi connectivity index (χ1) is 13.4. The molecule has 0 saturated carbocycles. The second kappa shape index (κ2) is 8.25. The van der Waals surface area contributed by atoms with Gasteiger partial charge in [-0.2, -0.15) is 0 Å². The molecular weight excluding hydrogens is 356 g/mol. The molecule has 0 aromatic heterocycles. The number of rotatable bonds is 7. The van der Waals surface area contributed by atoms with Gasteiger partial charge in [0.05, 0.1) is 17.7 Å². The zero-order valence-electron chi connectivity index (χ0n) is 16.4. The second-order valence-corrected chi connectivity index (χ2v) is 6.89. The van der Waals surface area contributed by atoms with E-state index < -0.39 is 0 Å². The van der Waals surface area contributed by atoms with E-state index in [4.69, 9.17) is 4.74 Å². The van der Waals surface area contributed by atoms with Crippen molar-refractivity contribution in [2.24, 2.45) is 0 Å². The molecule has 1 heterocycles. The van der Waals surface area contributed by atoms with Crippen molar-refractivity contribution in [3.8, 4) is 5.75 Å².